The number of amides is 1. The van der Waals surface area contributed by atoms with Crippen molar-refractivity contribution in [2.75, 3.05) is 19.6 Å². The molecular weight excluding hydrogens is 537 g/mol. The van der Waals surface area contributed by atoms with Gasteiger partial charge in [-0.25, -0.2) is 4.99 Å². The lowest BCUT2D eigenvalue weighted by atomic mass is 9.97. The molecule has 0 bridgehead atoms. The maximum Gasteiger partial charge on any atom is 0.251 e. The molecule has 186 valence electrons. The number of hydrogen-bond acceptors (Lipinski definition) is 3. The predicted octanol–water partition coefficient (Wildman–Crippen LogP) is 4.55. The van der Waals surface area contributed by atoms with Gasteiger partial charge in [0.1, 0.15) is 0 Å². The lowest BCUT2D eigenvalue weighted by Crippen LogP contribution is -2.51. The predicted molar refractivity (Wildman–Crippen MR) is 152 cm³/mol. The molecule has 6 nitrogen and oxygen atoms in total. The zero-order chi connectivity index (χ0) is 23.5. The van der Waals surface area contributed by atoms with Gasteiger partial charge in [-0.15, -0.1) is 24.0 Å². The summed E-state index contributed by atoms with van der Waals surface area (Å²) in [5, 5.41) is 9.95. The van der Waals surface area contributed by atoms with Crippen molar-refractivity contribution in [1.82, 2.24) is 20.9 Å². The highest BCUT2D eigenvalue weighted by atomic mass is 127. The standard InChI is InChI=1S/C27H39N5O.HI/c1-4-15-29-26(33)24-13-9-12-23(18-24)19-30-27(28-5-2)31-25-14-16-32(21(3)17-25)20-22-10-7-6-8-11-22;/h6-13,18,21,25H,4-5,14-17,19-20H2,1-3H3,(H,29,33)(H2,28,30,31);1H. The van der Waals surface area contributed by atoms with Crippen LogP contribution in [0.1, 0.15) is 61.5 Å². The summed E-state index contributed by atoms with van der Waals surface area (Å²) in [4.78, 5) is 19.6. The monoisotopic (exact) mass is 577 g/mol. The number of rotatable bonds is 9. The van der Waals surface area contributed by atoms with Gasteiger partial charge in [-0.1, -0.05) is 49.4 Å². The van der Waals surface area contributed by atoms with Crippen molar-refractivity contribution in [3.63, 3.8) is 0 Å². The van der Waals surface area contributed by atoms with Crippen molar-refractivity contribution in [2.24, 2.45) is 4.99 Å². The van der Waals surface area contributed by atoms with Gasteiger partial charge in [-0.05, 0) is 56.4 Å². The first-order chi connectivity index (χ1) is 16.1. The van der Waals surface area contributed by atoms with E-state index in [4.69, 9.17) is 4.99 Å². The second-order valence-corrected chi connectivity index (χ2v) is 8.82. The van der Waals surface area contributed by atoms with Crippen molar-refractivity contribution in [2.45, 2.75) is 65.2 Å². The summed E-state index contributed by atoms with van der Waals surface area (Å²) >= 11 is 0. The minimum Gasteiger partial charge on any atom is -0.357 e. The Morgan fingerprint density at radius 2 is 1.82 bits per heavy atom. The van der Waals surface area contributed by atoms with E-state index < -0.39 is 0 Å². The van der Waals surface area contributed by atoms with E-state index >= 15 is 0 Å². The molecule has 1 amide bonds. The van der Waals surface area contributed by atoms with Crippen molar-refractivity contribution in [1.29, 1.82) is 0 Å². The number of aliphatic imine (C=N–C) groups is 1. The smallest absolute Gasteiger partial charge is 0.251 e. The molecule has 2 unspecified atom stereocenters. The van der Waals surface area contributed by atoms with Gasteiger partial charge in [-0.3, -0.25) is 9.69 Å². The van der Waals surface area contributed by atoms with Gasteiger partial charge in [0.05, 0.1) is 6.54 Å². The Morgan fingerprint density at radius 1 is 1.06 bits per heavy atom. The van der Waals surface area contributed by atoms with Crippen molar-refractivity contribution in [3.05, 3.63) is 71.3 Å². The third kappa shape index (κ3) is 8.91. The van der Waals surface area contributed by atoms with Gasteiger partial charge >= 0.3 is 0 Å². The first-order valence-electron chi connectivity index (χ1n) is 12.3. The molecule has 2 atom stereocenters. The van der Waals surface area contributed by atoms with Crippen LogP contribution in [0.15, 0.2) is 59.6 Å². The minimum atomic E-state index is -0.0241. The Kier molecular flexibility index (Phi) is 12.4. The summed E-state index contributed by atoms with van der Waals surface area (Å²) in [6.07, 6.45) is 3.11. The maximum absolute atomic E-state index is 12.3. The number of carbonyl (C=O) groups is 1. The van der Waals surface area contributed by atoms with Gasteiger partial charge in [0.15, 0.2) is 5.96 Å². The molecule has 0 spiro atoms. The van der Waals surface area contributed by atoms with Crippen LogP contribution in [-0.2, 0) is 13.1 Å². The summed E-state index contributed by atoms with van der Waals surface area (Å²) in [6.45, 7) is 10.6. The lowest BCUT2D eigenvalue weighted by Gasteiger charge is -2.38. The molecular formula is C27H40IN5O. The normalized spacial score (nSPS) is 18.6. The summed E-state index contributed by atoms with van der Waals surface area (Å²) < 4.78 is 0. The molecule has 2 aromatic rings. The topological polar surface area (TPSA) is 68.8 Å². The Labute approximate surface area is 222 Å². The van der Waals surface area contributed by atoms with Crippen molar-refractivity contribution >= 4 is 35.8 Å². The molecule has 3 N–H and O–H groups in total. The molecule has 0 aliphatic carbocycles. The molecule has 1 aliphatic rings. The molecule has 0 aromatic heterocycles. The number of benzene rings is 2. The van der Waals surface area contributed by atoms with E-state index in [1.807, 2.05) is 24.3 Å². The summed E-state index contributed by atoms with van der Waals surface area (Å²) in [7, 11) is 0. The molecule has 1 aliphatic heterocycles. The molecule has 3 rings (SSSR count). The quantitative estimate of drug-likeness (QED) is 0.233. The fraction of sp³-hybridized carbons (Fsp3) is 0.481. The molecule has 34 heavy (non-hydrogen) atoms. The highest BCUT2D eigenvalue weighted by Gasteiger charge is 2.26. The third-order valence-electron chi connectivity index (χ3n) is 6.07. The van der Waals surface area contributed by atoms with E-state index in [1.54, 1.807) is 0 Å². The van der Waals surface area contributed by atoms with E-state index in [9.17, 15) is 4.79 Å². The molecule has 0 saturated carbocycles. The van der Waals surface area contributed by atoms with Crippen LogP contribution in [0.2, 0.25) is 0 Å². The summed E-state index contributed by atoms with van der Waals surface area (Å²) in [5.74, 6) is 0.816. The number of nitrogens with one attached hydrogen (secondary N) is 3. The first-order valence-corrected chi connectivity index (χ1v) is 12.3. The molecule has 1 fully saturated rings. The number of guanidine groups is 1. The molecule has 1 heterocycles. The van der Waals surface area contributed by atoms with E-state index in [0.717, 1.165) is 50.4 Å². The number of halogens is 1. The fourth-order valence-electron chi connectivity index (χ4n) is 4.24. The first kappa shape index (κ1) is 28.1. The van der Waals surface area contributed by atoms with Crippen LogP contribution in [0.3, 0.4) is 0 Å². The molecule has 7 heteroatoms. The van der Waals surface area contributed by atoms with E-state index in [-0.39, 0.29) is 29.9 Å². The fourth-order valence-corrected chi connectivity index (χ4v) is 4.24. The van der Waals surface area contributed by atoms with Crippen LogP contribution < -0.4 is 16.0 Å². The van der Waals surface area contributed by atoms with Gasteiger partial charge in [-0.2, -0.15) is 0 Å². The largest absolute Gasteiger partial charge is 0.357 e. The Morgan fingerprint density at radius 3 is 2.53 bits per heavy atom. The van der Waals surface area contributed by atoms with Crippen molar-refractivity contribution < 1.29 is 4.79 Å². The minimum absolute atomic E-state index is 0. The highest BCUT2D eigenvalue weighted by molar-refractivity contribution is 14.0. The van der Waals surface area contributed by atoms with Gasteiger partial charge in [0.25, 0.3) is 5.91 Å². The number of carbonyl (C=O) groups excluding carboxylic acids is 1. The summed E-state index contributed by atoms with van der Waals surface area (Å²) in [5.41, 5.74) is 3.09. The summed E-state index contributed by atoms with van der Waals surface area (Å²) in [6, 6.07) is 19.3. The van der Waals surface area contributed by atoms with Crippen LogP contribution in [0.5, 0.6) is 0 Å². The second-order valence-electron chi connectivity index (χ2n) is 8.82. The second kappa shape index (κ2) is 15.0. The lowest BCUT2D eigenvalue weighted by molar-refractivity contribution is 0.0953. The van der Waals surface area contributed by atoms with E-state index in [1.165, 1.54) is 5.56 Å². The number of nitrogens with zero attached hydrogens (tertiary/aromatic N) is 2. The zero-order valence-electron chi connectivity index (χ0n) is 20.7. The van der Waals surface area contributed by atoms with Crippen LogP contribution in [0, 0.1) is 0 Å². The van der Waals surface area contributed by atoms with Crippen LogP contribution in [0.4, 0.5) is 0 Å². The average Bonchev–Trinajstić information content (AvgIpc) is 2.83. The Bertz CT molecular complexity index is 905. The SMILES string of the molecule is CCCNC(=O)c1cccc(CN=C(NCC)NC2CCN(Cc3ccccc3)C(C)C2)c1.I. The number of piperidine rings is 1. The van der Waals surface area contributed by atoms with E-state index in [2.05, 4.69) is 72.0 Å². The van der Waals surface area contributed by atoms with Gasteiger partial charge < -0.3 is 16.0 Å². The maximum atomic E-state index is 12.3. The Hall–Kier alpha value is -2.13. The zero-order valence-corrected chi connectivity index (χ0v) is 23.0. The van der Waals surface area contributed by atoms with Crippen LogP contribution >= 0.6 is 24.0 Å². The highest BCUT2D eigenvalue weighted by Crippen LogP contribution is 2.20. The van der Waals surface area contributed by atoms with Crippen molar-refractivity contribution in [3.8, 4) is 0 Å². The number of likely N-dealkylation sites (tertiary alicyclic amines) is 1. The van der Waals surface area contributed by atoms with Gasteiger partial charge in [0, 0.05) is 43.8 Å². The molecule has 1 saturated heterocycles. The Balaban J connectivity index is 0.00000408. The van der Waals surface area contributed by atoms with Crippen LogP contribution in [0.25, 0.3) is 0 Å². The third-order valence-corrected chi connectivity index (χ3v) is 6.07. The van der Waals surface area contributed by atoms with Gasteiger partial charge in [0.2, 0.25) is 0 Å². The number of hydrogen-bond donors (Lipinski definition) is 3. The molecule has 0 radical (unpaired) electrons. The van der Waals surface area contributed by atoms with Crippen LogP contribution in [-0.4, -0.2) is 48.5 Å². The molecule has 2 aromatic carbocycles. The average molecular weight is 578 g/mol. The van der Waals surface area contributed by atoms with E-state index in [0.29, 0.717) is 30.7 Å².